The molecule has 1 atom stereocenters. The van der Waals surface area contributed by atoms with Crippen LogP contribution in [0, 0.1) is 0 Å². The van der Waals surface area contributed by atoms with Crippen molar-refractivity contribution < 1.29 is 39.9 Å². The Morgan fingerprint density at radius 3 is 1.95 bits per heavy atom. The first-order valence-electron chi connectivity index (χ1n) is 4.88. The van der Waals surface area contributed by atoms with Gasteiger partial charge >= 0.3 is 12.8 Å². The van der Waals surface area contributed by atoms with E-state index < -0.39 is 41.9 Å². The molecular formula is C10H7F8NO. The monoisotopic (exact) mass is 309 g/mol. The third-order valence-electron chi connectivity index (χ3n) is 2.36. The van der Waals surface area contributed by atoms with Gasteiger partial charge in [0.2, 0.25) is 0 Å². The van der Waals surface area contributed by atoms with Crippen LogP contribution in [-0.2, 0) is 5.67 Å². The van der Waals surface area contributed by atoms with Gasteiger partial charge in [-0.1, -0.05) is 6.07 Å². The molecule has 1 rings (SSSR count). The van der Waals surface area contributed by atoms with E-state index in [0.717, 1.165) is 0 Å². The highest BCUT2D eigenvalue weighted by molar-refractivity contribution is 5.55. The highest BCUT2D eigenvalue weighted by atomic mass is 19.4. The van der Waals surface area contributed by atoms with Crippen molar-refractivity contribution in [3.63, 3.8) is 0 Å². The van der Waals surface area contributed by atoms with E-state index in [1.54, 1.807) is 0 Å². The van der Waals surface area contributed by atoms with Gasteiger partial charge in [0.25, 0.3) is 12.1 Å². The van der Waals surface area contributed by atoms with Crippen LogP contribution in [0.15, 0.2) is 18.2 Å². The van der Waals surface area contributed by atoms with Crippen molar-refractivity contribution >= 4 is 5.69 Å². The van der Waals surface area contributed by atoms with Crippen LogP contribution in [0.1, 0.15) is 5.56 Å². The average Bonchev–Trinajstić information content (AvgIpc) is 2.28. The molecule has 0 saturated heterocycles. The largest absolute Gasteiger partial charge is 0.433 e. The van der Waals surface area contributed by atoms with E-state index in [2.05, 4.69) is 4.74 Å². The topological polar surface area (TPSA) is 35.2 Å². The SMILES string of the molecule is Nc1ccc(C(F)(C(F)F)C(F)(F)F)cc1OC(F)F. The minimum absolute atomic E-state index is 0.0706. The third kappa shape index (κ3) is 2.88. The van der Waals surface area contributed by atoms with Gasteiger partial charge in [-0.3, -0.25) is 0 Å². The molecule has 10 heteroatoms. The highest BCUT2D eigenvalue weighted by Crippen LogP contribution is 2.48. The van der Waals surface area contributed by atoms with Crippen LogP contribution in [0.25, 0.3) is 0 Å². The summed E-state index contributed by atoms with van der Waals surface area (Å²) in [7, 11) is 0. The molecule has 0 aromatic heterocycles. The van der Waals surface area contributed by atoms with Gasteiger partial charge in [-0.15, -0.1) is 0 Å². The molecule has 1 aromatic rings. The molecule has 0 saturated carbocycles. The summed E-state index contributed by atoms with van der Waals surface area (Å²) in [6.45, 7) is -3.46. The van der Waals surface area contributed by atoms with Crippen LogP contribution >= 0.6 is 0 Å². The average molecular weight is 309 g/mol. The smallest absolute Gasteiger partial charge is 0.432 e. The molecule has 1 aromatic carbocycles. The van der Waals surface area contributed by atoms with Crippen molar-refractivity contribution in [1.29, 1.82) is 0 Å². The van der Waals surface area contributed by atoms with Crippen LogP contribution < -0.4 is 10.5 Å². The second-order valence-electron chi connectivity index (χ2n) is 3.64. The summed E-state index contributed by atoms with van der Waals surface area (Å²) in [5, 5.41) is 0. The number of rotatable bonds is 4. The summed E-state index contributed by atoms with van der Waals surface area (Å²) in [4.78, 5) is 0. The molecule has 2 nitrogen and oxygen atoms in total. The lowest BCUT2D eigenvalue weighted by Gasteiger charge is -2.27. The fourth-order valence-corrected chi connectivity index (χ4v) is 1.37. The Kier molecular flexibility index (Phi) is 4.35. The molecule has 2 N–H and O–H groups in total. The molecule has 0 heterocycles. The Morgan fingerprint density at radius 2 is 1.55 bits per heavy atom. The van der Waals surface area contributed by atoms with E-state index in [0.29, 0.717) is 12.1 Å². The van der Waals surface area contributed by atoms with E-state index >= 15 is 0 Å². The van der Waals surface area contributed by atoms with Crippen molar-refractivity contribution in [1.82, 2.24) is 0 Å². The molecule has 1 unspecified atom stereocenters. The Morgan fingerprint density at radius 1 is 1.00 bits per heavy atom. The number of ether oxygens (including phenoxy) is 1. The first-order chi connectivity index (χ1) is 9.00. The van der Waals surface area contributed by atoms with E-state index in [4.69, 9.17) is 5.73 Å². The number of halogens is 8. The number of nitrogen functional groups attached to an aromatic ring is 1. The maximum atomic E-state index is 13.6. The molecular weight excluding hydrogens is 302 g/mol. The minimum Gasteiger partial charge on any atom is -0.433 e. The molecule has 0 aliphatic carbocycles. The van der Waals surface area contributed by atoms with E-state index in [1.165, 1.54) is 0 Å². The van der Waals surface area contributed by atoms with Gasteiger partial charge in [-0.25, -0.2) is 13.2 Å². The summed E-state index contributed by atoms with van der Waals surface area (Å²) >= 11 is 0. The van der Waals surface area contributed by atoms with Gasteiger partial charge in [0.15, 0.2) is 0 Å². The molecule has 0 aliphatic heterocycles. The van der Waals surface area contributed by atoms with Crippen LogP contribution in [0.4, 0.5) is 40.8 Å². The second-order valence-corrected chi connectivity index (χ2v) is 3.64. The van der Waals surface area contributed by atoms with Crippen LogP contribution in [0.5, 0.6) is 5.75 Å². The lowest BCUT2D eigenvalue weighted by molar-refractivity contribution is -0.274. The molecule has 114 valence electrons. The maximum Gasteiger partial charge on any atom is 0.432 e. The minimum atomic E-state index is -5.95. The quantitative estimate of drug-likeness (QED) is 0.677. The summed E-state index contributed by atoms with van der Waals surface area (Å²) in [5.74, 6) is -1.02. The maximum absolute atomic E-state index is 13.6. The van der Waals surface area contributed by atoms with Crippen molar-refractivity contribution in [2.75, 3.05) is 5.73 Å². The zero-order valence-corrected chi connectivity index (χ0v) is 9.40. The van der Waals surface area contributed by atoms with E-state index in [1.807, 2.05) is 0 Å². The predicted octanol–water partition coefficient (Wildman–Crippen LogP) is 3.86. The third-order valence-corrected chi connectivity index (χ3v) is 2.36. The fourth-order valence-electron chi connectivity index (χ4n) is 1.37. The standard InChI is InChI=1S/C10H7F8NO/c11-7(12)9(15,10(16,17)18)4-1-2-5(19)6(3-4)20-8(13)14/h1-3,7-8H,19H2. The molecule has 0 fully saturated rings. The zero-order valence-electron chi connectivity index (χ0n) is 9.40. The van der Waals surface area contributed by atoms with Crippen molar-refractivity contribution in [2.45, 2.75) is 24.9 Å². The Bertz CT molecular complexity index is 475. The summed E-state index contributed by atoms with van der Waals surface area (Å²) in [6, 6.07) is 0.962. The van der Waals surface area contributed by atoms with Crippen molar-refractivity contribution in [3.05, 3.63) is 23.8 Å². The van der Waals surface area contributed by atoms with Gasteiger partial charge in [0, 0.05) is 5.56 Å². The highest BCUT2D eigenvalue weighted by Gasteiger charge is 2.64. The number of anilines is 1. The lowest BCUT2D eigenvalue weighted by atomic mass is 9.95. The second kappa shape index (κ2) is 5.33. The first kappa shape index (κ1) is 16.3. The molecule has 0 bridgehead atoms. The normalized spacial score (nSPS) is 15.5. The van der Waals surface area contributed by atoms with Crippen LogP contribution in [0.3, 0.4) is 0 Å². The fraction of sp³-hybridized carbons (Fsp3) is 0.400. The van der Waals surface area contributed by atoms with E-state index in [9.17, 15) is 35.1 Å². The Labute approximate surface area is 107 Å². The summed E-state index contributed by atoms with van der Waals surface area (Å²) < 4.78 is 104. The molecule has 0 aliphatic rings. The van der Waals surface area contributed by atoms with Gasteiger partial charge < -0.3 is 10.5 Å². The van der Waals surface area contributed by atoms with Crippen LogP contribution in [0.2, 0.25) is 0 Å². The summed E-state index contributed by atoms with van der Waals surface area (Å²) in [6.07, 6.45) is -10.4. The van der Waals surface area contributed by atoms with Crippen LogP contribution in [-0.4, -0.2) is 19.2 Å². The predicted molar refractivity (Wildman–Crippen MR) is 52.3 cm³/mol. The lowest BCUT2D eigenvalue weighted by Crippen LogP contribution is -2.44. The number of hydrogen-bond donors (Lipinski definition) is 1. The molecule has 0 radical (unpaired) electrons. The zero-order chi connectivity index (χ0) is 15.7. The number of alkyl halides is 8. The molecule has 20 heavy (non-hydrogen) atoms. The van der Waals surface area contributed by atoms with Gasteiger partial charge in [0.1, 0.15) is 5.75 Å². The van der Waals surface area contributed by atoms with Gasteiger partial charge in [-0.2, -0.15) is 22.0 Å². The first-order valence-corrected chi connectivity index (χ1v) is 4.88. The Balaban J connectivity index is 3.37. The van der Waals surface area contributed by atoms with Crippen molar-refractivity contribution in [2.24, 2.45) is 0 Å². The number of benzene rings is 1. The van der Waals surface area contributed by atoms with E-state index in [-0.39, 0.29) is 6.07 Å². The van der Waals surface area contributed by atoms with Gasteiger partial charge in [-0.05, 0) is 12.1 Å². The summed E-state index contributed by atoms with van der Waals surface area (Å²) in [5.41, 5.74) is -2.02. The number of nitrogens with two attached hydrogens (primary N) is 1. The van der Waals surface area contributed by atoms with Gasteiger partial charge in [0.05, 0.1) is 5.69 Å². The Hall–Kier alpha value is -1.74. The number of hydrogen-bond acceptors (Lipinski definition) is 2. The molecule has 0 amide bonds. The van der Waals surface area contributed by atoms with Crippen molar-refractivity contribution in [3.8, 4) is 5.75 Å². The molecule has 0 spiro atoms.